The summed E-state index contributed by atoms with van der Waals surface area (Å²) in [6.07, 6.45) is 0.434. The van der Waals surface area contributed by atoms with Crippen molar-refractivity contribution in [1.29, 1.82) is 0 Å². The maximum absolute atomic E-state index is 11.5. The van der Waals surface area contributed by atoms with Gasteiger partial charge in [0.2, 0.25) is 5.91 Å². The van der Waals surface area contributed by atoms with E-state index in [1.165, 1.54) is 4.90 Å². The van der Waals surface area contributed by atoms with Gasteiger partial charge >= 0.3 is 0 Å². The van der Waals surface area contributed by atoms with Crippen LogP contribution >= 0.6 is 0 Å². The second kappa shape index (κ2) is 9.45. The molecule has 8 heteroatoms. The van der Waals surface area contributed by atoms with E-state index in [2.05, 4.69) is 0 Å². The monoisotopic (exact) mass is 381 g/mol. The van der Waals surface area contributed by atoms with Crippen LogP contribution < -0.4 is 14.2 Å². The third-order valence-corrected chi connectivity index (χ3v) is 4.69. The topological polar surface area (TPSA) is 83.5 Å². The van der Waals surface area contributed by atoms with Gasteiger partial charge in [-0.25, -0.2) is 0 Å². The van der Waals surface area contributed by atoms with Crippen molar-refractivity contribution in [2.45, 2.75) is 39.5 Å². The Morgan fingerprint density at radius 3 is 2.11 bits per heavy atom. The van der Waals surface area contributed by atoms with Gasteiger partial charge in [0.25, 0.3) is 6.47 Å². The van der Waals surface area contributed by atoms with Gasteiger partial charge in [0.1, 0.15) is 17.2 Å². The number of amides is 1. The Labute approximate surface area is 159 Å². The van der Waals surface area contributed by atoms with Gasteiger partial charge in [-0.05, 0) is 20.3 Å². The van der Waals surface area contributed by atoms with Crippen LogP contribution in [0.4, 0.5) is 0 Å². The largest absolute Gasteiger partial charge is 0.496 e. The Balaban J connectivity index is 1.97. The molecule has 1 atom stereocenters. The first-order valence-electron chi connectivity index (χ1n) is 8.74. The Morgan fingerprint density at radius 2 is 1.63 bits per heavy atom. The average Bonchev–Trinajstić information content (AvgIpc) is 2.64. The van der Waals surface area contributed by atoms with E-state index in [1.807, 2.05) is 13.8 Å². The van der Waals surface area contributed by atoms with Crippen molar-refractivity contribution < 1.29 is 33.3 Å². The molecule has 1 fully saturated rings. The standard InChI is InChI=1S/C19H27NO7/c1-12-17(23-3)13(2)19(25-5)14(18(12)24-4)10-26-8-6-7-20-15(22)9-16(20)27-11-21/h11,16H,6-10H2,1-5H3. The SMILES string of the molecule is COc1c(C)c(OC)c(COCCCN2C(=O)CC2OC=O)c(OC)c1C. The highest BCUT2D eigenvalue weighted by Crippen LogP contribution is 2.42. The minimum absolute atomic E-state index is 0.0217. The summed E-state index contributed by atoms with van der Waals surface area (Å²) in [7, 11) is 4.81. The van der Waals surface area contributed by atoms with E-state index in [-0.39, 0.29) is 12.3 Å². The summed E-state index contributed by atoms with van der Waals surface area (Å²) in [5.74, 6) is 2.05. The lowest BCUT2D eigenvalue weighted by Gasteiger charge is -2.38. The van der Waals surface area contributed by atoms with E-state index in [9.17, 15) is 9.59 Å². The second-order valence-corrected chi connectivity index (χ2v) is 6.21. The number of hydrogen-bond donors (Lipinski definition) is 0. The molecule has 2 rings (SSSR count). The van der Waals surface area contributed by atoms with Crippen LogP contribution in [0.15, 0.2) is 0 Å². The quantitative estimate of drug-likeness (QED) is 0.329. The van der Waals surface area contributed by atoms with Crippen molar-refractivity contribution in [1.82, 2.24) is 4.90 Å². The number of carbonyl (C=O) groups excluding carboxylic acids is 2. The zero-order chi connectivity index (χ0) is 20.0. The molecule has 0 saturated carbocycles. The highest BCUT2D eigenvalue weighted by atomic mass is 16.5. The molecule has 1 heterocycles. The summed E-state index contributed by atoms with van der Waals surface area (Å²) in [5.41, 5.74) is 2.59. The molecule has 1 aromatic rings. The van der Waals surface area contributed by atoms with Crippen molar-refractivity contribution >= 4 is 12.4 Å². The summed E-state index contributed by atoms with van der Waals surface area (Å²) >= 11 is 0. The zero-order valence-electron chi connectivity index (χ0n) is 16.5. The molecule has 0 aromatic heterocycles. The van der Waals surface area contributed by atoms with Crippen molar-refractivity contribution in [2.24, 2.45) is 0 Å². The molecule has 0 spiro atoms. The number of nitrogens with zero attached hydrogens (tertiary/aromatic N) is 1. The van der Waals surface area contributed by atoms with Gasteiger partial charge in [-0.2, -0.15) is 0 Å². The molecule has 1 amide bonds. The minimum Gasteiger partial charge on any atom is -0.496 e. The number of carbonyl (C=O) groups is 2. The maximum Gasteiger partial charge on any atom is 0.295 e. The van der Waals surface area contributed by atoms with Gasteiger partial charge in [-0.1, -0.05) is 0 Å². The number of β-lactam (4-membered cyclic amide) rings is 1. The molecule has 0 N–H and O–H groups in total. The van der Waals surface area contributed by atoms with E-state index in [0.29, 0.717) is 44.2 Å². The van der Waals surface area contributed by atoms with Gasteiger partial charge < -0.3 is 28.6 Å². The second-order valence-electron chi connectivity index (χ2n) is 6.21. The molecular formula is C19H27NO7. The highest BCUT2D eigenvalue weighted by Gasteiger charge is 2.36. The lowest BCUT2D eigenvalue weighted by atomic mass is 10.0. The molecule has 1 unspecified atom stereocenters. The minimum atomic E-state index is -0.443. The van der Waals surface area contributed by atoms with Crippen LogP contribution in [-0.4, -0.2) is 58.0 Å². The van der Waals surface area contributed by atoms with E-state index in [1.54, 1.807) is 21.3 Å². The predicted octanol–water partition coefficient (Wildman–Crippen LogP) is 1.97. The fourth-order valence-corrected chi connectivity index (χ4v) is 3.42. The first-order valence-corrected chi connectivity index (χ1v) is 8.74. The van der Waals surface area contributed by atoms with Gasteiger partial charge in [0, 0.05) is 24.3 Å². The normalized spacial score (nSPS) is 16.0. The van der Waals surface area contributed by atoms with E-state index in [4.69, 9.17) is 23.7 Å². The first kappa shape index (κ1) is 20.8. The molecule has 0 radical (unpaired) electrons. The molecule has 0 bridgehead atoms. The van der Waals surface area contributed by atoms with Gasteiger partial charge in [-0.3, -0.25) is 9.59 Å². The van der Waals surface area contributed by atoms with Crippen molar-refractivity contribution in [3.05, 3.63) is 16.7 Å². The number of hydrogen-bond acceptors (Lipinski definition) is 7. The van der Waals surface area contributed by atoms with Crippen LogP contribution in [0.2, 0.25) is 0 Å². The van der Waals surface area contributed by atoms with E-state index < -0.39 is 6.23 Å². The Morgan fingerprint density at radius 1 is 1.04 bits per heavy atom. The molecular weight excluding hydrogens is 354 g/mol. The van der Waals surface area contributed by atoms with Crippen LogP contribution in [0.5, 0.6) is 17.2 Å². The molecule has 1 aromatic carbocycles. The number of benzene rings is 1. The predicted molar refractivity (Wildman–Crippen MR) is 97.1 cm³/mol. The summed E-state index contributed by atoms with van der Waals surface area (Å²) in [4.78, 5) is 23.5. The molecule has 150 valence electrons. The van der Waals surface area contributed by atoms with Gasteiger partial charge in [0.05, 0.1) is 39.9 Å². The molecule has 0 aliphatic carbocycles. The Bertz CT molecular complexity index is 656. The number of rotatable bonds is 11. The lowest BCUT2D eigenvalue weighted by molar-refractivity contribution is -0.176. The Kier molecular flexibility index (Phi) is 7.29. The fourth-order valence-electron chi connectivity index (χ4n) is 3.42. The van der Waals surface area contributed by atoms with Crippen LogP contribution in [-0.2, 0) is 25.7 Å². The first-order chi connectivity index (χ1) is 13.0. The summed E-state index contributed by atoms with van der Waals surface area (Å²) in [6.45, 7) is 5.45. The van der Waals surface area contributed by atoms with Crippen LogP contribution in [0, 0.1) is 13.8 Å². The maximum atomic E-state index is 11.5. The summed E-state index contributed by atoms with van der Waals surface area (Å²) < 4.78 is 27.2. The third-order valence-electron chi connectivity index (χ3n) is 4.69. The molecule has 1 aliphatic rings. The molecule has 8 nitrogen and oxygen atoms in total. The Hall–Kier alpha value is -2.48. The third kappa shape index (κ3) is 4.27. The summed E-state index contributed by atoms with van der Waals surface area (Å²) in [6, 6.07) is 0. The van der Waals surface area contributed by atoms with Crippen LogP contribution in [0.3, 0.4) is 0 Å². The van der Waals surface area contributed by atoms with E-state index >= 15 is 0 Å². The van der Waals surface area contributed by atoms with Crippen LogP contribution in [0.1, 0.15) is 29.5 Å². The number of likely N-dealkylation sites (tertiary alicyclic amines) is 1. The average molecular weight is 381 g/mol. The summed E-state index contributed by atoms with van der Waals surface area (Å²) in [5, 5.41) is 0. The number of methoxy groups -OCH3 is 3. The van der Waals surface area contributed by atoms with Crippen LogP contribution in [0.25, 0.3) is 0 Å². The number of ether oxygens (including phenoxy) is 5. The molecule has 1 saturated heterocycles. The highest BCUT2D eigenvalue weighted by molar-refractivity contribution is 5.82. The van der Waals surface area contributed by atoms with Crippen molar-refractivity contribution in [2.75, 3.05) is 34.5 Å². The molecule has 27 heavy (non-hydrogen) atoms. The van der Waals surface area contributed by atoms with Gasteiger partial charge in [-0.15, -0.1) is 0 Å². The smallest absolute Gasteiger partial charge is 0.295 e. The van der Waals surface area contributed by atoms with Crippen molar-refractivity contribution in [3.8, 4) is 17.2 Å². The van der Waals surface area contributed by atoms with Crippen molar-refractivity contribution in [3.63, 3.8) is 0 Å². The molecule has 1 aliphatic heterocycles. The fraction of sp³-hybridized carbons (Fsp3) is 0.579. The lowest BCUT2D eigenvalue weighted by Crippen LogP contribution is -2.54. The van der Waals surface area contributed by atoms with E-state index in [0.717, 1.165) is 22.4 Å². The zero-order valence-corrected chi connectivity index (χ0v) is 16.5. The van der Waals surface area contributed by atoms with Gasteiger partial charge in [0.15, 0.2) is 6.23 Å².